The largest absolute Gasteiger partial charge is 0.416 e. The number of benzene rings is 1. The molecule has 0 spiro atoms. The molecule has 4 nitrogen and oxygen atoms in total. The SMILES string of the molecule is CCC(=O)NC1CC[C@](C)(CO[C@H](C)c2cc(C(F)(F)F)cc(C(F)(F)F)c2)NC1. The van der Waals surface area contributed by atoms with Crippen LogP contribution < -0.4 is 10.6 Å². The van der Waals surface area contributed by atoms with E-state index < -0.39 is 35.1 Å². The summed E-state index contributed by atoms with van der Waals surface area (Å²) >= 11 is 0. The van der Waals surface area contributed by atoms with E-state index in [1.165, 1.54) is 6.92 Å². The molecule has 1 saturated heterocycles. The van der Waals surface area contributed by atoms with Gasteiger partial charge in [-0.2, -0.15) is 26.3 Å². The Labute approximate surface area is 171 Å². The lowest BCUT2D eigenvalue weighted by Crippen LogP contribution is -2.57. The minimum Gasteiger partial charge on any atom is -0.372 e. The van der Waals surface area contributed by atoms with E-state index in [0.29, 0.717) is 37.9 Å². The van der Waals surface area contributed by atoms with Crippen LogP contribution in [0.25, 0.3) is 0 Å². The lowest BCUT2D eigenvalue weighted by atomic mass is 9.89. The van der Waals surface area contributed by atoms with Gasteiger partial charge in [0.1, 0.15) is 0 Å². The molecule has 0 radical (unpaired) electrons. The number of rotatable bonds is 6. The van der Waals surface area contributed by atoms with Crippen molar-refractivity contribution in [3.8, 4) is 0 Å². The smallest absolute Gasteiger partial charge is 0.372 e. The van der Waals surface area contributed by atoms with Gasteiger partial charge in [0.05, 0.1) is 23.8 Å². The lowest BCUT2D eigenvalue weighted by molar-refractivity contribution is -0.143. The molecule has 1 aliphatic heterocycles. The van der Waals surface area contributed by atoms with E-state index in [4.69, 9.17) is 4.74 Å². The average molecular weight is 440 g/mol. The summed E-state index contributed by atoms with van der Waals surface area (Å²) in [5.41, 5.74) is -3.42. The van der Waals surface area contributed by atoms with Crippen LogP contribution in [-0.4, -0.2) is 30.6 Å². The van der Waals surface area contributed by atoms with Gasteiger partial charge in [-0.3, -0.25) is 4.79 Å². The first-order chi connectivity index (χ1) is 13.7. The highest BCUT2D eigenvalue weighted by atomic mass is 19.4. The highest BCUT2D eigenvalue weighted by Crippen LogP contribution is 2.38. The zero-order valence-corrected chi connectivity index (χ0v) is 17.0. The lowest BCUT2D eigenvalue weighted by Gasteiger charge is -2.39. The van der Waals surface area contributed by atoms with Crippen molar-refractivity contribution < 1.29 is 35.9 Å². The van der Waals surface area contributed by atoms with E-state index in [-0.39, 0.29) is 30.2 Å². The molecule has 0 bridgehead atoms. The van der Waals surface area contributed by atoms with Crippen LogP contribution in [-0.2, 0) is 21.9 Å². The molecule has 2 N–H and O–H groups in total. The molecule has 0 saturated carbocycles. The van der Waals surface area contributed by atoms with E-state index in [1.54, 1.807) is 6.92 Å². The minimum absolute atomic E-state index is 0.0271. The van der Waals surface area contributed by atoms with E-state index in [9.17, 15) is 31.1 Å². The van der Waals surface area contributed by atoms with Gasteiger partial charge in [0, 0.05) is 24.5 Å². The molecule has 0 aliphatic carbocycles. The molecule has 0 aromatic heterocycles. The second kappa shape index (κ2) is 9.13. The summed E-state index contributed by atoms with van der Waals surface area (Å²) in [7, 11) is 0. The van der Waals surface area contributed by atoms with Gasteiger partial charge in [0.25, 0.3) is 0 Å². The number of ether oxygens (including phenoxy) is 1. The quantitative estimate of drug-likeness (QED) is 0.623. The number of hydrogen-bond acceptors (Lipinski definition) is 3. The number of carbonyl (C=O) groups is 1. The molecule has 1 unspecified atom stereocenters. The normalized spacial score (nSPS) is 23.8. The first-order valence-corrected chi connectivity index (χ1v) is 9.69. The molecule has 1 aromatic carbocycles. The first kappa shape index (κ1) is 24.5. The van der Waals surface area contributed by atoms with Crippen molar-refractivity contribution in [2.75, 3.05) is 13.2 Å². The fourth-order valence-electron chi connectivity index (χ4n) is 3.25. The molecule has 10 heteroatoms. The van der Waals surface area contributed by atoms with Crippen LogP contribution in [0.2, 0.25) is 0 Å². The third-order valence-corrected chi connectivity index (χ3v) is 5.24. The predicted molar refractivity (Wildman–Crippen MR) is 98.7 cm³/mol. The monoisotopic (exact) mass is 440 g/mol. The van der Waals surface area contributed by atoms with Gasteiger partial charge in [0.15, 0.2) is 0 Å². The molecule has 1 aliphatic rings. The number of halogens is 6. The fourth-order valence-corrected chi connectivity index (χ4v) is 3.25. The van der Waals surface area contributed by atoms with Crippen molar-refractivity contribution in [1.82, 2.24) is 10.6 Å². The Morgan fingerprint density at radius 2 is 1.77 bits per heavy atom. The van der Waals surface area contributed by atoms with Crippen molar-refractivity contribution in [2.45, 2.75) is 70.1 Å². The van der Waals surface area contributed by atoms with Gasteiger partial charge < -0.3 is 15.4 Å². The van der Waals surface area contributed by atoms with E-state index in [0.717, 1.165) is 0 Å². The second-order valence-corrected chi connectivity index (χ2v) is 7.89. The van der Waals surface area contributed by atoms with Crippen LogP contribution in [0.15, 0.2) is 18.2 Å². The fraction of sp³-hybridized carbons (Fsp3) is 0.650. The van der Waals surface area contributed by atoms with Crippen molar-refractivity contribution >= 4 is 5.91 Å². The predicted octanol–water partition coefficient (Wildman–Crippen LogP) is 4.84. The molecule has 1 aromatic rings. The van der Waals surface area contributed by atoms with Crippen molar-refractivity contribution in [2.24, 2.45) is 0 Å². The minimum atomic E-state index is -4.90. The van der Waals surface area contributed by atoms with Crippen molar-refractivity contribution in [3.05, 3.63) is 34.9 Å². The number of hydrogen-bond donors (Lipinski definition) is 2. The zero-order valence-electron chi connectivity index (χ0n) is 17.0. The molecule has 1 fully saturated rings. The standard InChI is InChI=1S/C20H26F6N2O2/c1-4-17(29)28-16-5-6-18(3,27-10-16)11-30-12(2)13-7-14(19(21,22)23)9-15(8-13)20(24,25)26/h7-9,12,16,27H,4-6,10-11H2,1-3H3,(H,28,29)/t12-,16?,18-/m1/s1. The number of alkyl halides is 6. The van der Waals surface area contributed by atoms with E-state index >= 15 is 0 Å². The topological polar surface area (TPSA) is 50.4 Å². The summed E-state index contributed by atoms with van der Waals surface area (Å²) in [6.45, 7) is 5.64. The first-order valence-electron chi connectivity index (χ1n) is 9.69. The Bertz CT molecular complexity index is 708. The van der Waals surface area contributed by atoms with E-state index in [1.807, 2.05) is 6.92 Å². The van der Waals surface area contributed by atoms with Crippen LogP contribution in [0.1, 0.15) is 62.8 Å². The van der Waals surface area contributed by atoms with E-state index in [2.05, 4.69) is 10.6 Å². The highest BCUT2D eigenvalue weighted by molar-refractivity contribution is 5.75. The maximum absolute atomic E-state index is 13.0. The number of carbonyl (C=O) groups excluding carboxylic acids is 1. The molecule has 1 heterocycles. The molecular weight excluding hydrogens is 414 g/mol. The van der Waals surface area contributed by atoms with Crippen LogP contribution in [0.3, 0.4) is 0 Å². The molecular formula is C20H26F6N2O2. The second-order valence-electron chi connectivity index (χ2n) is 7.89. The molecule has 170 valence electrons. The molecule has 3 atom stereocenters. The Kier molecular flexibility index (Phi) is 7.45. The Morgan fingerprint density at radius 1 is 1.20 bits per heavy atom. The van der Waals surface area contributed by atoms with Gasteiger partial charge >= 0.3 is 12.4 Å². The third-order valence-electron chi connectivity index (χ3n) is 5.24. The van der Waals surface area contributed by atoms with Crippen molar-refractivity contribution in [1.29, 1.82) is 0 Å². The third kappa shape index (κ3) is 6.60. The number of amides is 1. The van der Waals surface area contributed by atoms with Gasteiger partial charge in [-0.1, -0.05) is 6.92 Å². The summed E-state index contributed by atoms with van der Waals surface area (Å²) in [5, 5.41) is 6.14. The summed E-state index contributed by atoms with van der Waals surface area (Å²) in [6.07, 6.45) is -9.07. The van der Waals surface area contributed by atoms with Gasteiger partial charge in [-0.25, -0.2) is 0 Å². The highest BCUT2D eigenvalue weighted by Gasteiger charge is 2.38. The number of piperidine rings is 1. The summed E-state index contributed by atoms with van der Waals surface area (Å²) in [4.78, 5) is 11.5. The average Bonchev–Trinajstić information content (AvgIpc) is 2.66. The maximum Gasteiger partial charge on any atom is 0.416 e. The zero-order chi connectivity index (χ0) is 22.7. The summed E-state index contributed by atoms with van der Waals surface area (Å²) < 4.78 is 83.9. The van der Waals surface area contributed by atoms with Gasteiger partial charge in [-0.05, 0) is 50.5 Å². The Hall–Kier alpha value is -1.81. The molecule has 1 amide bonds. The van der Waals surface area contributed by atoms with Crippen molar-refractivity contribution in [3.63, 3.8) is 0 Å². The van der Waals surface area contributed by atoms with Crippen LogP contribution >= 0.6 is 0 Å². The maximum atomic E-state index is 13.0. The van der Waals surface area contributed by atoms with Gasteiger partial charge in [0.2, 0.25) is 5.91 Å². The summed E-state index contributed by atoms with van der Waals surface area (Å²) in [5.74, 6) is -0.0553. The van der Waals surface area contributed by atoms with Crippen LogP contribution in [0.4, 0.5) is 26.3 Å². The Balaban J connectivity index is 2.06. The van der Waals surface area contributed by atoms with Gasteiger partial charge in [-0.15, -0.1) is 0 Å². The Morgan fingerprint density at radius 3 is 2.20 bits per heavy atom. The van der Waals surface area contributed by atoms with Crippen LogP contribution in [0.5, 0.6) is 0 Å². The van der Waals surface area contributed by atoms with Crippen LogP contribution in [0, 0.1) is 0 Å². The summed E-state index contributed by atoms with van der Waals surface area (Å²) in [6, 6.07) is 1.45. The molecule has 30 heavy (non-hydrogen) atoms. The number of nitrogens with one attached hydrogen (secondary N) is 2. The molecule has 2 rings (SSSR count).